The predicted octanol–water partition coefficient (Wildman–Crippen LogP) is 2.19. The number of anilines is 1. The van der Waals surface area contributed by atoms with Crippen molar-refractivity contribution in [3.63, 3.8) is 0 Å². The first kappa shape index (κ1) is 18.4. The second kappa shape index (κ2) is 8.80. The Balaban J connectivity index is 1.49. The third kappa shape index (κ3) is 4.82. The van der Waals surface area contributed by atoms with Gasteiger partial charge in [0.05, 0.1) is 0 Å². The second-order valence-electron chi connectivity index (χ2n) is 7.04. The molecule has 2 fully saturated rings. The lowest BCUT2D eigenvalue weighted by molar-refractivity contribution is -0.135. The fourth-order valence-corrected chi connectivity index (χ4v) is 3.69. The van der Waals surface area contributed by atoms with Crippen LogP contribution in [-0.4, -0.2) is 46.0 Å². The predicted molar refractivity (Wildman–Crippen MR) is 98.4 cm³/mol. The molecule has 2 amide bonds. The summed E-state index contributed by atoms with van der Waals surface area (Å²) < 4.78 is 0. The van der Waals surface area contributed by atoms with Crippen LogP contribution in [0.25, 0.3) is 6.08 Å². The quantitative estimate of drug-likeness (QED) is 0.426. The van der Waals surface area contributed by atoms with Gasteiger partial charge in [-0.25, -0.2) is 10.5 Å². The van der Waals surface area contributed by atoms with Gasteiger partial charge < -0.3 is 10.2 Å². The van der Waals surface area contributed by atoms with Crippen LogP contribution in [0.5, 0.6) is 0 Å². The van der Waals surface area contributed by atoms with Crippen LogP contribution in [0, 0.1) is 5.92 Å². The smallest absolute Gasteiger partial charge is 0.267 e. The molecule has 1 saturated heterocycles. The van der Waals surface area contributed by atoms with Crippen molar-refractivity contribution < 1.29 is 14.8 Å². The number of aromatic nitrogens is 1. The van der Waals surface area contributed by atoms with Crippen molar-refractivity contribution >= 4 is 23.7 Å². The van der Waals surface area contributed by atoms with E-state index in [1.54, 1.807) is 17.8 Å². The van der Waals surface area contributed by atoms with Crippen LogP contribution in [-0.2, 0) is 9.59 Å². The molecule has 1 aliphatic carbocycles. The minimum Gasteiger partial charge on any atom is -0.365 e. The molecule has 3 rings (SSSR count). The van der Waals surface area contributed by atoms with Crippen LogP contribution < -0.4 is 10.8 Å². The van der Waals surface area contributed by atoms with Gasteiger partial charge in [-0.15, -0.1) is 0 Å². The van der Waals surface area contributed by atoms with Crippen LogP contribution in [0.3, 0.4) is 0 Å². The maximum Gasteiger partial charge on any atom is 0.267 e. The number of nitrogens with zero attached hydrogens (tertiary/aromatic N) is 2. The van der Waals surface area contributed by atoms with Crippen molar-refractivity contribution in [1.82, 2.24) is 15.4 Å². The van der Waals surface area contributed by atoms with Crippen LogP contribution in [0.4, 0.5) is 5.82 Å². The fraction of sp³-hybridized carbons (Fsp3) is 0.526. The number of pyridine rings is 1. The highest BCUT2D eigenvalue weighted by Gasteiger charge is 2.31. The summed E-state index contributed by atoms with van der Waals surface area (Å²) in [6.07, 6.45) is 11.1. The molecule has 0 unspecified atom stereocenters. The zero-order chi connectivity index (χ0) is 18.4. The van der Waals surface area contributed by atoms with E-state index in [2.05, 4.69) is 10.3 Å². The summed E-state index contributed by atoms with van der Waals surface area (Å²) in [5, 5.41) is 11.8. The molecule has 3 N–H and O–H groups in total. The van der Waals surface area contributed by atoms with Gasteiger partial charge in [-0.2, -0.15) is 0 Å². The van der Waals surface area contributed by atoms with Crippen molar-refractivity contribution in [2.24, 2.45) is 5.92 Å². The van der Waals surface area contributed by atoms with Gasteiger partial charge in [0, 0.05) is 37.3 Å². The first-order valence-electron chi connectivity index (χ1n) is 9.29. The summed E-state index contributed by atoms with van der Waals surface area (Å²) in [7, 11) is 0. The highest BCUT2D eigenvalue weighted by molar-refractivity contribution is 5.90. The third-order valence-electron chi connectivity index (χ3n) is 5.13. The van der Waals surface area contributed by atoms with Gasteiger partial charge in [0.1, 0.15) is 5.82 Å². The Bertz CT molecular complexity index is 653. The van der Waals surface area contributed by atoms with Crippen molar-refractivity contribution in [2.75, 3.05) is 18.4 Å². The molecule has 1 saturated carbocycles. The van der Waals surface area contributed by atoms with Crippen LogP contribution in [0.15, 0.2) is 24.4 Å². The van der Waals surface area contributed by atoms with E-state index in [0.717, 1.165) is 43.7 Å². The molecule has 0 aromatic carbocycles. The monoisotopic (exact) mass is 358 g/mol. The van der Waals surface area contributed by atoms with E-state index in [0.29, 0.717) is 5.91 Å². The summed E-state index contributed by atoms with van der Waals surface area (Å²) >= 11 is 0. The van der Waals surface area contributed by atoms with Crippen LogP contribution in [0.1, 0.15) is 44.1 Å². The standard InChI is InChI=1S/C19H26N4O3/c24-18(22-26)9-7-14-6-8-17(20-12-14)21-16-10-11-23(13-16)19(25)15-4-2-1-3-5-15/h6-9,12,15-16,26H,1-5,10-11,13H2,(H,20,21)(H,22,24)/b9-7+/t16-/m1/s1. The maximum absolute atomic E-state index is 12.6. The first-order chi connectivity index (χ1) is 12.7. The number of carbonyl (C=O) groups is 2. The summed E-state index contributed by atoms with van der Waals surface area (Å²) in [6, 6.07) is 3.91. The summed E-state index contributed by atoms with van der Waals surface area (Å²) in [4.78, 5) is 29.9. The summed E-state index contributed by atoms with van der Waals surface area (Å²) in [6.45, 7) is 1.54. The number of rotatable bonds is 5. The molecule has 7 heteroatoms. The number of nitrogens with one attached hydrogen (secondary N) is 2. The Kier molecular flexibility index (Phi) is 6.22. The van der Waals surface area contributed by atoms with E-state index >= 15 is 0 Å². The van der Waals surface area contributed by atoms with Gasteiger partial charge in [-0.3, -0.25) is 14.8 Å². The van der Waals surface area contributed by atoms with E-state index in [-0.39, 0.29) is 12.0 Å². The number of hydroxylamine groups is 1. The minimum absolute atomic E-state index is 0.219. The van der Waals surface area contributed by atoms with Gasteiger partial charge >= 0.3 is 0 Å². The summed E-state index contributed by atoms with van der Waals surface area (Å²) in [5.41, 5.74) is 2.30. The normalized spacial score (nSPS) is 21.1. The lowest BCUT2D eigenvalue weighted by Crippen LogP contribution is -2.36. The van der Waals surface area contributed by atoms with Gasteiger partial charge in [-0.05, 0) is 43.0 Å². The van der Waals surface area contributed by atoms with Crippen LogP contribution in [0.2, 0.25) is 0 Å². The highest BCUT2D eigenvalue weighted by atomic mass is 16.5. The largest absolute Gasteiger partial charge is 0.365 e. The van der Waals surface area contributed by atoms with Crippen LogP contribution >= 0.6 is 0 Å². The lowest BCUT2D eigenvalue weighted by Gasteiger charge is -2.26. The third-order valence-corrected chi connectivity index (χ3v) is 5.13. The number of hydrogen-bond donors (Lipinski definition) is 3. The van der Waals surface area contributed by atoms with Crippen molar-refractivity contribution in [2.45, 2.75) is 44.6 Å². The van der Waals surface area contributed by atoms with Gasteiger partial charge in [-0.1, -0.05) is 19.3 Å². The molecule has 140 valence electrons. The SMILES string of the molecule is O=C(/C=C/c1ccc(N[C@@H]2CCN(C(=O)C3CCCCC3)C2)nc1)NO. The van der Waals surface area contributed by atoms with Gasteiger partial charge in [0.25, 0.3) is 5.91 Å². The number of carbonyl (C=O) groups excluding carboxylic acids is 2. The second-order valence-corrected chi connectivity index (χ2v) is 7.04. The molecule has 0 spiro atoms. The number of likely N-dealkylation sites (tertiary alicyclic amines) is 1. The maximum atomic E-state index is 12.6. The van der Waals surface area contributed by atoms with E-state index in [1.807, 2.05) is 17.0 Å². The van der Waals surface area contributed by atoms with Crippen molar-refractivity contribution in [3.05, 3.63) is 30.0 Å². The average Bonchev–Trinajstić information content (AvgIpc) is 3.15. The molecular formula is C19H26N4O3. The fourth-order valence-electron chi connectivity index (χ4n) is 3.69. The Labute approximate surface area is 153 Å². The summed E-state index contributed by atoms with van der Waals surface area (Å²) in [5.74, 6) is 0.721. The molecule has 1 aromatic rings. The molecule has 2 aliphatic rings. The number of hydrogen-bond acceptors (Lipinski definition) is 5. The number of amides is 2. The molecule has 2 heterocycles. The van der Waals surface area contributed by atoms with E-state index in [9.17, 15) is 9.59 Å². The van der Waals surface area contributed by atoms with E-state index < -0.39 is 5.91 Å². The Morgan fingerprint density at radius 1 is 1.19 bits per heavy atom. The molecular weight excluding hydrogens is 332 g/mol. The first-order valence-corrected chi connectivity index (χ1v) is 9.29. The molecule has 1 aliphatic heterocycles. The average molecular weight is 358 g/mol. The minimum atomic E-state index is -0.583. The zero-order valence-corrected chi connectivity index (χ0v) is 14.9. The topological polar surface area (TPSA) is 94.6 Å². The molecule has 7 nitrogen and oxygen atoms in total. The van der Waals surface area contributed by atoms with Gasteiger partial charge in [0.2, 0.25) is 5.91 Å². The molecule has 1 atom stereocenters. The van der Waals surface area contributed by atoms with E-state index in [1.165, 1.54) is 25.3 Å². The Morgan fingerprint density at radius 2 is 2.00 bits per heavy atom. The zero-order valence-electron chi connectivity index (χ0n) is 14.9. The van der Waals surface area contributed by atoms with Gasteiger partial charge in [0.15, 0.2) is 0 Å². The Hall–Kier alpha value is -2.41. The molecule has 0 bridgehead atoms. The molecule has 0 radical (unpaired) electrons. The van der Waals surface area contributed by atoms with Crippen molar-refractivity contribution in [3.8, 4) is 0 Å². The van der Waals surface area contributed by atoms with Crippen molar-refractivity contribution in [1.29, 1.82) is 0 Å². The molecule has 1 aromatic heterocycles. The highest BCUT2D eigenvalue weighted by Crippen LogP contribution is 2.27. The van der Waals surface area contributed by atoms with E-state index in [4.69, 9.17) is 5.21 Å². The lowest BCUT2D eigenvalue weighted by atomic mass is 9.88. The Morgan fingerprint density at radius 3 is 2.69 bits per heavy atom. The molecule has 26 heavy (non-hydrogen) atoms.